The third kappa shape index (κ3) is 3.46. The van der Waals surface area contributed by atoms with Gasteiger partial charge in [-0.25, -0.2) is 9.97 Å². The van der Waals surface area contributed by atoms with E-state index in [1.54, 1.807) is 12.7 Å². The molecule has 124 valence electrons. The number of hydrogen-bond donors (Lipinski definition) is 1. The third-order valence-electron chi connectivity index (χ3n) is 3.95. The minimum atomic E-state index is 0.586. The highest BCUT2D eigenvalue weighted by Gasteiger charge is 2.06. The van der Waals surface area contributed by atoms with Crippen molar-refractivity contribution in [2.24, 2.45) is 4.99 Å². The molecule has 0 bridgehead atoms. The summed E-state index contributed by atoms with van der Waals surface area (Å²) in [6.45, 7) is 1.26. The summed E-state index contributed by atoms with van der Waals surface area (Å²) < 4.78 is 2.00. The lowest BCUT2D eigenvalue weighted by Crippen LogP contribution is -2.15. The number of halogens is 1. The molecular formula is C19H16ClN5. The molecule has 25 heavy (non-hydrogen) atoms. The summed E-state index contributed by atoms with van der Waals surface area (Å²) in [7, 11) is 0. The minimum absolute atomic E-state index is 0.586. The standard InChI is InChI=1S/C19H16ClN5/c20-16-8-6-15(7-9-16)11-25-13-24-18(17-19(25)23-12-22-17)21-10-14-4-2-1-3-5-14/h1-9,12-13H,10-11H2,(H,22,23). The monoisotopic (exact) mass is 349 g/mol. The molecule has 0 atom stereocenters. The second kappa shape index (κ2) is 6.91. The van der Waals surface area contributed by atoms with Crippen molar-refractivity contribution in [2.75, 3.05) is 0 Å². The smallest absolute Gasteiger partial charge is 0.177 e. The molecule has 0 unspecified atom stereocenters. The number of aromatic nitrogens is 4. The highest BCUT2D eigenvalue weighted by Crippen LogP contribution is 2.12. The number of nitrogens with zero attached hydrogens (tertiary/aromatic N) is 4. The van der Waals surface area contributed by atoms with Crippen LogP contribution in [0.2, 0.25) is 5.02 Å². The van der Waals surface area contributed by atoms with Crippen molar-refractivity contribution in [1.82, 2.24) is 19.5 Å². The summed E-state index contributed by atoms with van der Waals surface area (Å²) in [5.41, 5.74) is 4.62. The molecule has 1 N–H and O–H groups in total. The Balaban J connectivity index is 1.68. The first-order valence-corrected chi connectivity index (χ1v) is 8.35. The van der Waals surface area contributed by atoms with Gasteiger partial charge in [0.15, 0.2) is 11.1 Å². The van der Waals surface area contributed by atoms with Crippen molar-refractivity contribution >= 4 is 22.8 Å². The van der Waals surface area contributed by atoms with Crippen LogP contribution in [0.5, 0.6) is 0 Å². The van der Waals surface area contributed by atoms with Gasteiger partial charge in [0.25, 0.3) is 0 Å². The number of fused-ring (bicyclic) bond motifs is 1. The van der Waals surface area contributed by atoms with Crippen LogP contribution in [0.25, 0.3) is 11.2 Å². The summed E-state index contributed by atoms with van der Waals surface area (Å²) in [4.78, 5) is 16.7. The summed E-state index contributed by atoms with van der Waals surface area (Å²) in [6.07, 6.45) is 3.45. The maximum Gasteiger partial charge on any atom is 0.177 e. The average molecular weight is 350 g/mol. The zero-order valence-electron chi connectivity index (χ0n) is 13.4. The summed E-state index contributed by atoms with van der Waals surface area (Å²) >= 11 is 5.95. The van der Waals surface area contributed by atoms with Gasteiger partial charge >= 0.3 is 0 Å². The van der Waals surface area contributed by atoms with Gasteiger partial charge in [-0.15, -0.1) is 0 Å². The topological polar surface area (TPSA) is 58.9 Å². The van der Waals surface area contributed by atoms with Crippen molar-refractivity contribution in [3.05, 3.63) is 88.9 Å². The Kier molecular flexibility index (Phi) is 4.31. The van der Waals surface area contributed by atoms with E-state index >= 15 is 0 Å². The highest BCUT2D eigenvalue weighted by atomic mass is 35.5. The Hall–Kier alpha value is -2.92. The van der Waals surface area contributed by atoms with Crippen LogP contribution in [-0.4, -0.2) is 19.5 Å². The van der Waals surface area contributed by atoms with Crippen LogP contribution in [0.15, 0.2) is 72.2 Å². The van der Waals surface area contributed by atoms with E-state index in [4.69, 9.17) is 11.6 Å². The highest BCUT2D eigenvalue weighted by molar-refractivity contribution is 6.30. The normalized spacial score (nSPS) is 12.0. The Bertz CT molecular complexity index is 1050. The van der Waals surface area contributed by atoms with Crippen molar-refractivity contribution in [1.29, 1.82) is 0 Å². The number of hydrogen-bond acceptors (Lipinski definition) is 3. The van der Waals surface area contributed by atoms with Gasteiger partial charge in [0.2, 0.25) is 0 Å². The molecule has 4 rings (SSSR count). The van der Waals surface area contributed by atoms with Crippen LogP contribution in [-0.2, 0) is 13.1 Å². The number of imidazole rings is 1. The van der Waals surface area contributed by atoms with Crippen LogP contribution in [0.4, 0.5) is 0 Å². The first-order valence-electron chi connectivity index (χ1n) is 7.97. The fraction of sp³-hybridized carbons (Fsp3) is 0.105. The predicted octanol–water partition coefficient (Wildman–Crippen LogP) is 3.56. The molecular weight excluding hydrogens is 334 g/mol. The molecule has 4 aromatic rings. The van der Waals surface area contributed by atoms with Crippen LogP contribution in [0.3, 0.4) is 0 Å². The molecule has 0 saturated heterocycles. The van der Waals surface area contributed by atoms with E-state index in [1.165, 1.54) is 0 Å². The average Bonchev–Trinajstić information content (AvgIpc) is 3.14. The predicted molar refractivity (Wildman–Crippen MR) is 98.1 cm³/mol. The number of aromatic amines is 1. The number of nitrogens with one attached hydrogen (secondary N) is 1. The molecule has 2 heterocycles. The maximum absolute atomic E-state index is 5.95. The molecule has 0 amide bonds. The first kappa shape index (κ1) is 15.6. The molecule has 2 aromatic heterocycles. The van der Waals surface area contributed by atoms with E-state index in [2.05, 4.69) is 32.1 Å². The molecule has 0 fully saturated rings. The van der Waals surface area contributed by atoms with Crippen LogP contribution >= 0.6 is 11.6 Å². The fourth-order valence-corrected chi connectivity index (χ4v) is 2.81. The van der Waals surface area contributed by atoms with Crippen molar-refractivity contribution in [3.63, 3.8) is 0 Å². The molecule has 0 aliphatic carbocycles. The quantitative estimate of drug-likeness (QED) is 0.612. The first-order chi connectivity index (χ1) is 12.3. The molecule has 0 spiro atoms. The minimum Gasteiger partial charge on any atom is -0.340 e. The van der Waals surface area contributed by atoms with Crippen LogP contribution in [0, 0.1) is 0 Å². The lowest BCUT2D eigenvalue weighted by atomic mass is 10.2. The third-order valence-corrected chi connectivity index (χ3v) is 4.21. The van der Waals surface area contributed by atoms with Gasteiger partial charge in [0.1, 0.15) is 5.52 Å². The van der Waals surface area contributed by atoms with E-state index in [0.29, 0.717) is 18.6 Å². The Morgan fingerprint density at radius 2 is 1.76 bits per heavy atom. The van der Waals surface area contributed by atoms with Crippen molar-refractivity contribution in [3.8, 4) is 0 Å². The Morgan fingerprint density at radius 1 is 0.960 bits per heavy atom. The largest absolute Gasteiger partial charge is 0.340 e. The lowest BCUT2D eigenvalue weighted by molar-refractivity contribution is 0.782. The van der Waals surface area contributed by atoms with Gasteiger partial charge in [-0.2, -0.15) is 0 Å². The number of rotatable bonds is 4. The van der Waals surface area contributed by atoms with E-state index in [9.17, 15) is 0 Å². The summed E-state index contributed by atoms with van der Waals surface area (Å²) in [5.74, 6) is 0. The van der Waals surface area contributed by atoms with E-state index < -0.39 is 0 Å². The van der Waals surface area contributed by atoms with Crippen LogP contribution < -0.4 is 5.49 Å². The van der Waals surface area contributed by atoms with Crippen molar-refractivity contribution in [2.45, 2.75) is 13.1 Å². The molecule has 0 radical (unpaired) electrons. The van der Waals surface area contributed by atoms with E-state index in [0.717, 1.165) is 27.3 Å². The van der Waals surface area contributed by atoms with Gasteiger partial charge in [-0.3, -0.25) is 4.99 Å². The van der Waals surface area contributed by atoms with E-state index in [-0.39, 0.29) is 0 Å². The van der Waals surface area contributed by atoms with Gasteiger partial charge < -0.3 is 9.55 Å². The Morgan fingerprint density at radius 3 is 2.56 bits per heavy atom. The molecule has 2 aromatic carbocycles. The fourth-order valence-electron chi connectivity index (χ4n) is 2.68. The molecule has 0 aliphatic heterocycles. The van der Waals surface area contributed by atoms with Crippen molar-refractivity contribution < 1.29 is 0 Å². The number of H-pyrrole nitrogens is 1. The Labute approximate surface area is 149 Å². The molecule has 5 nitrogen and oxygen atoms in total. The summed E-state index contributed by atoms with van der Waals surface area (Å²) in [5, 5.41) is 0.729. The van der Waals surface area contributed by atoms with Gasteiger partial charge in [-0.05, 0) is 23.3 Å². The van der Waals surface area contributed by atoms with E-state index in [1.807, 2.05) is 47.0 Å². The molecule has 0 saturated carbocycles. The van der Waals surface area contributed by atoms with Gasteiger partial charge in [0.05, 0.1) is 25.7 Å². The van der Waals surface area contributed by atoms with Gasteiger partial charge in [0, 0.05) is 5.02 Å². The zero-order chi connectivity index (χ0) is 17.1. The molecule has 0 aliphatic rings. The van der Waals surface area contributed by atoms with Gasteiger partial charge in [-0.1, -0.05) is 54.1 Å². The SMILES string of the molecule is Clc1ccc(Cn2cnc(=NCc3ccccc3)c3[nH]cnc32)cc1. The number of benzene rings is 2. The zero-order valence-corrected chi connectivity index (χ0v) is 14.2. The molecule has 6 heteroatoms. The maximum atomic E-state index is 5.95. The summed E-state index contributed by atoms with van der Waals surface area (Å²) in [6, 6.07) is 17.9. The second-order valence-electron chi connectivity index (χ2n) is 5.73. The second-order valence-corrected chi connectivity index (χ2v) is 6.16. The lowest BCUT2D eigenvalue weighted by Gasteiger charge is -2.07. The van der Waals surface area contributed by atoms with Crippen LogP contribution in [0.1, 0.15) is 11.1 Å².